The van der Waals surface area contributed by atoms with Crippen LogP contribution in [0.4, 0.5) is 5.69 Å². The van der Waals surface area contributed by atoms with Crippen molar-refractivity contribution >= 4 is 23.4 Å². The summed E-state index contributed by atoms with van der Waals surface area (Å²) in [5, 5.41) is -0.00400. The number of carbonyl (C=O) groups is 1. The fraction of sp³-hybridized carbons (Fsp3) is 0.462. The van der Waals surface area contributed by atoms with E-state index in [0.717, 1.165) is 18.5 Å². The first-order chi connectivity index (χ1) is 8.01. The van der Waals surface area contributed by atoms with Gasteiger partial charge in [-0.15, -0.1) is 11.8 Å². The molecule has 1 saturated carbocycles. The highest BCUT2D eigenvalue weighted by molar-refractivity contribution is 8.01. The second kappa shape index (κ2) is 3.50. The van der Waals surface area contributed by atoms with Crippen molar-refractivity contribution in [3.05, 3.63) is 23.8 Å². The van der Waals surface area contributed by atoms with E-state index in [1.165, 1.54) is 10.5 Å². The highest BCUT2D eigenvalue weighted by atomic mass is 32.2. The molecule has 3 rings (SSSR count). The van der Waals surface area contributed by atoms with E-state index in [1.54, 1.807) is 16.7 Å². The zero-order valence-corrected chi connectivity index (χ0v) is 10.9. The van der Waals surface area contributed by atoms with Gasteiger partial charge in [0.2, 0.25) is 5.91 Å². The van der Waals surface area contributed by atoms with Gasteiger partial charge in [0, 0.05) is 17.5 Å². The molecular weight excluding hydrogens is 232 g/mol. The summed E-state index contributed by atoms with van der Waals surface area (Å²) in [4.78, 5) is 14.8. The van der Waals surface area contributed by atoms with Crippen molar-refractivity contribution in [2.45, 2.75) is 35.4 Å². The van der Waals surface area contributed by atoms with E-state index in [-0.39, 0.29) is 16.7 Å². The Labute approximate surface area is 105 Å². The first kappa shape index (κ1) is 11.1. The molecule has 0 bridgehead atoms. The number of benzene rings is 1. The first-order valence-corrected chi connectivity index (χ1v) is 6.77. The summed E-state index contributed by atoms with van der Waals surface area (Å²) in [6.45, 7) is 1.95. The van der Waals surface area contributed by atoms with Crippen LogP contribution in [0, 0.1) is 0 Å². The van der Waals surface area contributed by atoms with Gasteiger partial charge in [0.15, 0.2) is 0 Å². The summed E-state index contributed by atoms with van der Waals surface area (Å²) < 4.78 is 0. The normalized spacial score (nSPS) is 25.7. The number of hydrogen-bond acceptors (Lipinski definition) is 3. The molecule has 90 valence electrons. The van der Waals surface area contributed by atoms with Crippen molar-refractivity contribution in [2.24, 2.45) is 5.73 Å². The molecule has 0 radical (unpaired) electrons. The third-order valence-electron chi connectivity index (χ3n) is 3.67. The highest BCUT2D eigenvalue weighted by Crippen LogP contribution is 2.46. The minimum absolute atomic E-state index is 0.00400. The van der Waals surface area contributed by atoms with Gasteiger partial charge in [0.05, 0.1) is 10.9 Å². The standard InChI is InChI=1S/C13H16N2OS/c1-8-12(16)15(2)10-4-3-9(7-11(10)17-8)13(14)5-6-13/h3-4,7-8H,5-6,14H2,1-2H3. The molecule has 0 spiro atoms. The summed E-state index contributed by atoms with van der Waals surface area (Å²) in [7, 11) is 1.84. The van der Waals surface area contributed by atoms with Crippen LogP contribution in [0.2, 0.25) is 0 Å². The molecule has 1 aliphatic carbocycles. The van der Waals surface area contributed by atoms with E-state index in [0.29, 0.717) is 0 Å². The molecule has 3 nitrogen and oxygen atoms in total. The SMILES string of the molecule is CC1Sc2cc(C3(N)CC3)ccc2N(C)C1=O. The number of hydrogen-bond donors (Lipinski definition) is 1. The van der Waals surface area contributed by atoms with Gasteiger partial charge in [-0.05, 0) is 37.5 Å². The van der Waals surface area contributed by atoms with E-state index in [1.807, 2.05) is 20.0 Å². The smallest absolute Gasteiger partial charge is 0.239 e. The molecule has 17 heavy (non-hydrogen) atoms. The van der Waals surface area contributed by atoms with Crippen LogP contribution >= 0.6 is 11.8 Å². The number of amides is 1. The Morgan fingerprint density at radius 1 is 1.47 bits per heavy atom. The number of carbonyl (C=O) groups excluding carboxylic acids is 1. The molecule has 1 amide bonds. The van der Waals surface area contributed by atoms with Crippen LogP contribution in [0.3, 0.4) is 0 Å². The Bertz CT molecular complexity index is 496. The van der Waals surface area contributed by atoms with Crippen molar-refractivity contribution in [2.75, 3.05) is 11.9 Å². The largest absolute Gasteiger partial charge is 0.321 e. The molecule has 1 atom stereocenters. The van der Waals surface area contributed by atoms with Gasteiger partial charge in [-0.2, -0.15) is 0 Å². The average molecular weight is 248 g/mol. The summed E-state index contributed by atoms with van der Waals surface area (Å²) in [5.74, 6) is 0.170. The Morgan fingerprint density at radius 2 is 2.18 bits per heavy atom. The molecule has 0 aromatic heterocycles. The van der Waals surface area contributed by atoms with Gasteiger partial charge in [-0.3, -0.25) is 4.79 Å². The van der Waals surface area contributed by atoms with Crippen LogP contribution in [0.5, 0.6) is 0 Å². The number of fused-ring (bicyclic) bond motifs is 1. The topological polar surface area (TPSA) is 46.3 Å². The molecule has 2 N–H and O–H groups in total. The second-order valence-corrected chi connectivity index (χ2v) is 6.38. The van der Waals surface area contributed by atoms with E-state index in [9.17, 15) is 4.79 Å². The third-order valence-corrected chi connectivity index (χ3v) is 4.80. The van der Waals surface area contributed by atoms with E-state index in [2.05, 4.69) is 12.1 Å². The fourth-order valence-electron chi connectivity index (χ4n) is 2.25. The molecule has 0 saturated heterocycles. The summed E-state index contributed by atoms with van der Waals surface area (Å²) in [6, 6.07) is 6.24. The lowest BCUT2D eigenvalue weighted by atomic mass is 10.1. The van der Waals surface area contributed by atoms with Crippen molar-refractivity contribution in [3.8, 4) is 0 Å². The minimum Gasteiger partial charge on any atom is -0.321 e. The van der Waals surface area contributed by atoms with E-state index in [4.69, 9.17) is 5.73 Å². The van der Waals surface area contributed by atoms with Gasteiger partial charge < -0.3 is 10.6 Å². The fourth-order valence-corrected chi connectivity index (χ4v) is 3.41. The van der Waals surface area contributed by atoms with Gasteiger partial charge in [-0.25, -0.2) is 0 Å². The maximum atomic E-state index is 11.9. The van der Waals surface area contributed by atoms with Crippen molar-refractivity contribution in [1.82, 2.24) is 0 Å². The quantitative estimate of drug-likeness (QED) is 0.828. The molecule has 4 heteroatoms. The Morgan fingerprint density at radius 3 is 2.82 bits per heavy atom. The predicted molar refractivity (Wildman–Crippen MR) is 70.3 cm³/mol. The molecule has 1 aromatic carbocycles. The Balaban J connectivity index is 2.04. The molecule has 1 heterocycles. The van der Waals surface area contributed by atoms with Gasteiger partial charge >= 0.3 is 0 Å². The van der Waals surface area contributed by atoms with Crippen molar-refractivity contribution in [3.63, 3.8) is 0 Å². The Hall–Kier alpha value is -1.00. The lowest BCUT2D eigenvalue weighted by Crippen LogP contribution is -2.36. The lowest BCUT2D eigenvalue weighted by molar-refractivity contribution is -0.117. The number of anilines is 1. The molecular formula is C13H16N2OS. The number of nitrogens with two attached hydrogens (primary N) is 1. The zero-order chi connectivity index (χ0) is 12.2. The molecule has 1 fully saturated rings. The van der Waals surface area contributed by atoms with Gasteiger partial charge in [-0.1, -0.05) is 6.07 Å². The second-order valence-electron chi connectivity index (χ2n) is 5.00. The number of thioether (sulfide) groups is 1. The lowest BCUT2D eigenvalue weighted by Gasteiger charge is -2.30. The van der Waals surface area contributed by atoms with Crippen LogP contribution in [0.25, 0.3) is 0 Å². The van der Waals surface area contributed by atoms with Gasteiger partial charge in [0.25, 0.3) is 0 Å². The zero-order valence-electron chi connectivity index (χ0n) is 10.1. The van der Waals surface area contributed by atoms with Gasteiger partial charge in [0.1, 0.15) is 0 Å². The molecule has 2 aliphatic rings. The van der Waals surface area contributed by atoms with E-state index < -0.39 is 0 Å². The molecule has 1 unspecified atom stereocenters. The van der Waals surface area contributed by atoms with Crippen LogP contribution in [-0.2, 0) is 10.3 Å². The summed E-state index contributed by atoms with van der Waals surface area (Å²) in [5.41, 5.74) is 8.32. The van der Waals surface area contributed by atoms with Crippen molar-refractivity contribution in [1.29, 1.82) is 0 Å². The summed E-state index contributed by atoms with van der Waals surface area (Å²) in [6.07, 6.45) is 2.14. The predicted octanol–water partition coefficient (Wildman–Crippen LogP) is 2.09. The minimum atomic E-state index is -0.0984. The molecule has 1 aliphatic heterocycles. The monoisotopic (exact) mass is 248 g/mol. The first-order valence-electron chi connectivity index (χ1n) is 5.89. The maximum absolute atomic E-state index is 11.9. The highest BCUT2D eigenvalue weighted by Gasteiger charge is 2.41. The maximum Gasteiger partial charge on any atom is 0.239 e. The number of rotatable bonds is 1. The average Bonchev–Trinajstić information content (AvgIpc) is 3.05. The van der Waals surface area contributed by atoms with E-state index >= 15 is 0 Å². The van der Waals surface area contributed by atoms with Crippen LogP contribution < -0.4 is 10.6 Å². The summed E-state index contributed by atoms with van der Waals surface area (Å²) >= 11 is 1.63. The van der Waals surface area contributed by atoms with Crippen LogP contribution in [0.1, 0.15) is 25.3 Å². The molecule has 1 aromatic rings. The Kier molecular flexibility index (Phi) is 2.28. The van der Waals surface area contributed by atoms with Crippen LogP contribution in [-0.4, -0.2) is 18.2 Å². The number of nitrogens with zero attached hydrogens (tertiary/aromatic N) is 1. The van der Waals surface area contributed by atoms with Crippen LogP contribution in [0.15, 0.2) is 23.1 Å². The van der Waals surface area contributed by atoms with Crippen molar-refractivity contribution < 1.29 is 4.79 Å². The third kappa shape index (κ3) is 1.67.